The molecule has 5 heteroatoms. The molecule has 0 aromatic carbocycles. The Labute approximate surface area is 98.4 Å². The quantitative estimate of drug-likeness (QED) is 0.772. The minimum Gasteiger partial charge on any atom is -0.336 e. The van der Waals surface area contributed by atoms with Crippen molar-refractivity contribution < 1.29 is 0 Å². The third kappa shape index (κ3) is 2.46. The van der Waals surface area contributed by atoms with E-state index in [0.29, 0.717) is 6.04 Å². The van der Waals surface area contributed by atoms with Crippen LogP contribution in [0.5, 0.6) is 0 Å². The lowest BCUT2D eigenvalue weighted by Crippen LogP contribution is -2.51. The van der Waals surface area contributed by atoms with Gasteiger partial charge >= 0.3 is 0 Å². The maximum Gasteiger partial charge on any atom is 0.225 e. The molecule has 1 aliphatic rings. The van der Waals surface area contributed by atoms with E-state index in [9.17, 15) is 0 Å². The van der Waals surface area contributed by atoms with E-state index < -0.39 is 0 Å². The van der Waals surface area contributed by atoms with Gasteiger partial charge in [0.25, 0.3) is 0 Å². The van der Waals surface area contributed by atoms with Gasteiger partial charge in [-0.3, -0.25) is 0 Å². The Morgan fingerprint density at radius 3 is 2.60 bits per heavy atom. The maximum atomic E-state index is 4.33. The van der Waals surface area contributed by atoms with Crippen molar-refractivity contribution in [3.8, 4) is 0 Å². The second-order valence-electron chi connectivity index (χ2n) is 4.01. The molecule has 1 unspecified atom stereocenters. The average Bonchev–Trinajstić information content (AvgIpc) is 2.20. The molecule has 1 aliphatic heterocycles. The Balaban J connectivity index is 2.13. The number of hydrogen-bond acceptors (Lipinski definition) is 4. The Hall–Kier alpha value is -0.680. The van der Waals surface area contributed by atoms with Crippen molar-refractivity contribution in [2.45, 2.75) is 13.0 Å². The zero-order chi connectivity index (χ0) is 10.8. The van der Waals surface area contributed by atoms with Gasteiger partial charge in [-0.25, -0.2) is 9.97 Å². The van der Waals surface area contributed by atoms with E-state index in [1.807, 2.05) is 0 Å². The predicted octanol–water partition coefficient (Wildman–Crippen LogP) is 1.38. The topological polar surface area (TPSA) is 32.3 Å². The van der Waals surface area contributed by atoms with E-state index in [1.54, 1.807) is 12.4 Å². The molecule has 0 bridgehead atoms. The van der Waals surface area contributed by atoms with Crippen molar-refractivity contribution in [1.82, 2.24) is 14.9 Å². The minimum atomic E-state index is 0.477. The molecule has 0 spiro atoms. The molecule has 0 aliphatic carbocycles. The molecule has 1 atom stereocenters. The summed E-state index contributed by atoms with van der Waals surface area (Å²) in [5.74, 6) is 0.832. The Bertz CT molecular complexity index is 327. The SMILES string of the molecule is CC1CN(C)CCN1c1ncc(Br)cn1. The monoisotopic (exact) mass is 270 g/mol. The van der Waals surface area contributed by atoms with Crippen LogP contribution in [-0.4, -0.2) is 47.6 Å². The maximum absolute atomic E-state index is 4.33. The number of nitrogens with zero attached hydrogens (tertiary/aromatic N) is 4. The lowest BCUT2D eigenvalue weighted by atomic mass is 10.2. The van der Waals surface area contributed by atoms with Crippen molar-refractivity contribution in [1.29, 1.82) is 0 Å². The molecule has 1 saturated heterocycles. The van der Waals surface area contributed by atoms with Crippen LogP contribution in [-0.2, 0) is 0 Å². The first-order chi connectivity index (χ1) is 7.16. The fourth-order valence-corrected chi connectivity index (χ4v) is 2.10. The summed E-state index contributed by atoms with van der Waals surface area (Å²) in [5, 5.41) is 0. The number of hydrogen-bond donors (Lipinski definition) is 0. The molecule has 0 N–H and O–H groups in total. The van der Waals surface area contributed by atoms with E-state index in [1.165, 1.54) is 0 Å². The predicted molar refractivity (Wildman–Crippen MR) is 64.0 cm³/mol. The van der Waals surface area contributed by atoms with E-state index in [0.717, 1.165) is 30.1 Å². The van der Waals surface area contributed by atoms with Gasteiger partial charge in [-0.1, -0.05) is 0 Å². The van der Waals surface area contributed by atoms with Crippen LogP contribution in [0.15, 0.2) is 16.9 Å². The molecular weight excluding hydrogens is 256 g/mol. The van der Waals surface area contributed by atoms with Gasteiger partial charge in [-0.15, -0.1) is 0 Å². The third-order valence-corrected chi connectivity index (χ3v) is 3.10. The summed E-state index contributed by atoms with van der Waals surface area (Å²) in [5.41, 5.74) is 0. The smallest absolute Gasteiger partial charge is 0.225 e. The molecule has 2 heterocycles. The van der Waals surface area contributed by atoms with Crippen LogP contribution < -0.4 is 4.90 Å². The summed E-state index contributed by atoms with van der Waals surface area (Å²) in [6, 6.07) is 0.477. The Morgan fingerprint density at radius 2 is 2.00 bits per heavy atom. The fraction of sp³-hybridized carbons (Fsp3) is 0.600. The van der Waals surface area contributed by atoms with Crippen LogP contribution in [0.1, 0.15) is 6.92 Å². The lowest BCUT2D eigenvalue weighted by Gasteiger charge is -2.38. The molecule has 0 amide bonds. The molecule has 1 aromatic heterocycles. The van der Waals surface area contributed by atoms with Crippen LogP contribution in [0.3, 0.4) is 0 Å². The first kappa shape index (κ1) is 10.8. The lowest BCUT2D eigenvalue weighted by molar-refractivity contribution is 0.273. The van der Waals surface area contributed by atoms with Crippen molar-refractivity contribution >= 4 is 21.9 Å². The standard InChI is InChI=1S/C10H15BrN4/c1-8-7-14(2)3-4-15(8)10-12-5-9(11)6-13-10/h5-6,8H,3-4,7H2,1-2H3. The molecule has 4 nitrogen and oxygen atoms in total. The van der Waals surface area contributed by atoms with E-state index >= 15 is 0 Å². The average molecular weight is 271 g/mol. The van der Waals surface area contributed by atoms with Gasteiger partial charge in [0.05, 0.1) is 4.47 Å². The van der Waals surface area contributed by atoms with Crippen LogP contribution in [0.2, 0.25) is 0 Å². The van der Waals surface area contributed by atoms with Crippen LogP contribution in [0, 0.1) is 0 Å². The first-order valence-corrected chi connectivity index (χ1v) is 5.89. The zero-order valence-electron chi connectivity index (χ0n) is 9.02. The normalized spacial score (nSPS) is 23.1. The number of halogens is 1. The highest BCUT2D eigenvalue weighted by atomic mass is 79.9. The van der Waals surface area contributed by atoms with E-state index in [-0.39, 0.29) is 0 Å². The van der Waals surface area contributed by atoms with Crippen molar-refractivity contribution in [2.75, 3.05) is 31.6 Å². The van der Waals surface area contributed by atoms with Gasteiger partial charge in [0, 0.05) is 38.1 Å². The molecule has 1 aromatic rings. The summed E-state index contributed by atoms with van der Waals surface area (Å²) in [6.07, 6.45) is 3.60. The van der Waals surface area contributed by atoms with Crippen molar-refractivity contribution in [2.24, 2.45) is 0 Å². The summed E-state index contributed by atoms with van der Waals surface area (Å²) in [6.45, 7) is 5.35. The highest BCUT2D eigenvalue weighted by Crippen LogP contribution is 2.16. The molecule has 2 rings (SSSR count). The number of piperazine rings is 1. The highest BCUT2D eigenvalue weighted by Gasteiger charge is 2.23. The van der Waals surface area contributed by atoms with Crippen molar-refractivity contribution in [3.63, 3.8) is 0 Å². The molecule has 0 radical (unpaired) electrons. The van der Waals surface area contributed by atoms with E-state index in [2.05, 4.69) is 49.7 Å². The van der Waals surface area contributed by atoms with Crippen LogP contribution in [0.25, 0.3) is 0 Å². The second-order valence-corrected chi connectivity index (χ2v) is 4.92. The summed E-state index contributed by atoms with van der Waals surface area (Å²) in [4.78, 5) is 13.2. The Morgan fingerprint density at radius 1 is 1.33 bits per heavy atom. The van der Waals surface area contributed by atoms with Gasteiger partial charge in [0.1, 0.15) is 0 Å². The number of rotatable bonds is 1. The van der Waals surface area contributed by atoms with Gasteiger partial charge in [0.15, 0.2) is 0 Å². The van der Waals surface area contributed by atoms with Crippen LogP contribution >= 0.6 is 15.9 Å². The number of aromatic nitrogens is 2. The van der Waals surface area contributed by atoms with Gasteiger partial charge in [-0.05, 0) is 29.9 Å². The fourth-order valence-electron chi connectivity index (χ4n) is 1.89. The number of likely N-dealkylation sites (N-methyl/N-ethyl adjacent to an activating group) is 1. The molecule has 15 heavy (non-hydrogen) atoms. The summed E-state index contributed by atoms with van der Waals surface area (Å²) < 4.78 is 0.924. The van der Waals surface area contributed by atoms with Crippen LogP contribution in [0.4, 0.5) is 5.95 Å². The third-order valence-electron chi connectivity index (χ3n) is 2.69. The zero-order valence-corrected chi connectivity index (χ0v) is 10.6. The molecule has 0 saturated carbocycles. The summed E-state index contributed by atoms with van der Waals surface area (Å²) >= 11 is 3.34. The molecule has 1 fully saturated rings. The number of anilines is 1. The first-order valence-electron chi connectivity index (χ1n) is 5.09. The van der Waals surface area contributed by atoms with Crippen molar-refractivity contribution in [3.05, 3.63) is 16.9 Å². The second kappa shape index (κ2) is 4.45. The minimum absolute atomic E-state index is 0.477. The Kier molecular flexibility index (Phi) is 3.21. The molecular formula is C10H15BrN4. The van der Waals surface area contributed by atoms with Gasteiger partial charge in [0.2, 0.25) is 5.95 Å². The largest absolute Gasteiger partial charge is 0.336 e. The van der Waals surface area contributed by atoms with Gasteiger partial charge < -0.3 is 9.80 Å². The van der Waals surface area contributed by atoms with Gasteiger partial charge in [-0.2, -0.15) is 0 Å². The molecule has 82 valence electrons. The summed E-state index contributed by atoms with van der Waals surface area (Å²) in [7, 11) is 2.15. The van der Waals surface area contributed by atoms with E-state index in [4.69, 9.17) is 0 Å². The highest BCUT2D eigenvalue weighted by molar-refractivity contribution is 9.10.